The van der Waals surface area contributed by atoms with Crippen LogP contribution in [0.1, 0.15) is 129 Å². The number of rotatable bonds is 20. The van der Waals surface area contributed by atoms with Crippen molar-refractivity contribution >= 4 is 0 Å². The molecule has 1 aliphatic rings. The highest BCUT2D eigenvalue weighted by atomic mass is 16.7. The van der Waals surface area contributed by atoms with Crippen LogP contribution in [0.2, 0.25) is 0 Å². The van der Waals surface area contributed by atoms with Crippen LogP contribution in [0.15, 0.2) is 24.6 Å². The Kier molecular flexibility index (Phi) is 17.7. The maximum absolute atomic E-state index is 5.38. The zero-order chi connectivity index (χ0) is 19.3. The Labute approximate surface area is 170 Å². The maximum Gasteiger partial charge on any atom is 0.119 e. The van der Waals surface area contributed by atoms with Gasteiger partial charge in [0.2, 0.25) is 0 Å². The van der Waals surface area contributed by atoms with E-state index in [2.05, 4.69) is 6.92 Å². The first-order chi connectivity index (χ1) is 13.4. The largest absolute Gasteiger partial charge is 0.388 e. The Morgan fingerprint density at radius 1 is 0.519 bits per heavy atom. The molecule has 2 nitrogen and oxygen atoms in total. The van der Waals surface area contributed by atoms with Crippen molar-refractivity contribution in [1.82, 2.24) is 5.06 Å². The molecule has 0 amide bonds. The first kappa shape index (κ1) is 24.1. The molecule has 0 saturated carbocycles. The van der Waals surface area contributed by atoms with Crippen LogP contribution < -0.4 is 0 Å². The second-order valence-electron chi connectivity index (χ2n) is 8.28. The van der Waals surface area contributed by atoms with Gasteiger partial charge in [0.25, 0.3) is 0 Å². The van der Waals surface area contributed by atoms with Crippen LogP contribution in [0.4, 0.5) is 0 Å². The maximum atomic E-state index is 5.38. The van der Waals surface area contributed by atoms with Crippen molar-refractivity contribution in [2.24, 2.45) is 0 Å². The molecule has 0 aromatic heterocycles. The van der Waals surface area contributed by atoms with E-state index in [1.54, 1.807) is 6.26 Å². The van der Waals surface area contributed by atoms with Crippen LogP contribution in [0, 0.1) is 0 Å². The molecule has 1 heterocycles. The lowest BCUT2D eigenvalue weighted by Crippen LogP contribution is -2.17. The summed E-state index contributed by atoms with van der Waals surface area (Å²) in [6.07, 6.45) is 34.9. The van der Waals surface area contributed by atoms with Crippen molar-refractivity contribution in [2.75, 3.05) is 6.54 Å². The molecule has 158 valence electrons. The third-order valence-corrected chi connectivity index (χ3v) is 5.62. The molecule has 0 atom stereocenters. The van der Waals surface area contributed by atoms with Gasteiger partial charge in [-0.1, -0.05) is 122 Å². The SMILES string of the molecule is CCCCCCCCCCCCCCCCCCCCCN1C=CC=CO1. The molecule has 27 heavy (non-hydrogen) atoms. The number of allylic oxidation sites excluding steroid dienone is 2. The van der Waals surface area contributed by atoms with Crippen molar-refractivity contribution in [3.05, 3.63) is 24.6 Å². The third kappa shape index (κ3) is 16.9. The van der Waals surface area contributed by atoms with Crippen LogP contribution in [-0.2, 0) is 4.84 Å². The van der Waals surface area contributed by atoms with Crippen molar-refractivity contribution in [3.63, 3.8) is 0 Å². The monoisotopic (exact) mass is 377 g/mol. The van der Waals surface area contributed by atoms with E-state index in [0.717, 1.165) is 6.54 Å². The first-order valence-electron chi connectivity index (χ1n) is 12.2. The van der Waals surface area contributed by atoms with E-state index in [9.17, 15) is 0 Å². The van der Waals surface area contributed by atoms with Gasteiger partial charge in [-0.2, -0.15) is 0 Å². The highest BCUT2D eigenvalue weighted by Gasteiger charge is 2.00. The molecule has 0 N–H and O–H groups in total. The van der Waals surface area contributed by atoms with E-state index in [1.165, 1.54) is 122 Å². The normalized spacial score (nSPS) is 13.3. The van der Waals surface area contributed by atoms with Crippen LogP contribution in [0.3, 0.4) is 0 Å². The number of nitrogens with zero attached hydrogens (tertiary/aromatic N) is 1. The van der Waals surface area contributed by atoms with Gasteiger partial charge in [0.05, 0.1) is 6.54 Å². The molecule has 0 aromatic rings. The lowest BCUT2D eigenvalue weighted by atomic mass is 10.0. The number of hydroxylamine groups is 2. The molecule has 2 heteroatoms. The second kappa shape index (κ2) is 19.8. The fourth-order valence-corrected chi connectivity index (χ4v) is 3.81. The van der Waals surface area contributed by atoms with Gasteiger partial charge in [0.1, 0.15) is 6.26 Å². The molecule has 0 fully saturated rings. The smallest absolute Gasteiger partial charge is 0.119 e. The van der Waals surface area contributed by atoms with E-state index in [-0.39, 0.29) is 0 Å². The van der Waals surface area contributed by atoms with Crippen molar-refractivity contribution in [2.45, 2.75) is 129 Å². The summed E-state index contributed by atoms with van der Waals surface area (Å²) in [6, 6.07) is 0. The molecule has 0 bridgehead atoms. The molecular formula is C25H47NO. The van der Waals surface area contributed by atoms with E-state index in [0.29, 0.717) is 0 Å². The molecule has 0 aliphatic carbocycles. The lowest BCUT2D eigenvalue weighted by Gasteiger charge is -2.19. The van der Waals surface area contributed by atoms with E-state index >= 15 is 0 Å². The van der Waals surface area contributed by atoms with E-state index < -0.39 is 0 Å². The van der Waals surface area contributed by atoms with Crippen LogP contribution >= 0.6 is 0 Å². The molecule has 0 radical (unpaired) electrons. The van der Waals surface area contributed by atoms with Crippen LogP contribution in [0.25, 0.3) is 0 Å². The number of unbranched alkanes of at least 4 members (excludes halogenated alkanes) is 18. The lowest BCUT2D eigenvalue weighted by molar-refractivity contribution is -0.0604. The summed E-state index contributed by atoms with van der Waals surface area (Å²) in [5.74, 6) is 0. The Hall–Kier alpha value is -0.920. The number of hydrogen-bond donors (Lipinski definition) is 0. The Morgan fingerprint density at radius 3 is 1.30 bits per heavy atom. The molecule has 1 rings (SSSR count). The predicted octanol–water partition coefficient (Wildman–Crippen LogP) is 8.69. The summed E-state index contributed by atoms with van der Waals surface area (Å²) in [6.45, 7) is 3.31. The van der Waals surface area contributed by atoms with Crippen molar-refractivity contribution in [1.29, 1.82) is 0 Å². The summed E-state index contributed by atoms with van der Waals surface area (Å²) >= 11 is 0. The first-order valence-corrected chi connectivity index (χ1v) is 12.2. The highest BCUT2D eigenvalue weighted by Crippen LogP contribution is 2.14. The van der Waals surface area contributed by atoms with Gasteiger partial charge < -0.3 is 4.84 Å². The van der Waals surface area contributed by atoms with Crippen LogP contribution in [0.5, 0.6) is 0 Å². The predicted molar refractivity (Wildman–Crippen MR) is 119 cm³/mol. The summed E-state index contributed by atoms with van der Waals surface area (Å²) in [5, 5.41) is 1.92. The minimum atomic E-state index is 1.01. The second-order valence-corrected chi connectivity index (χ2v) is 8.28. The summed E-state index contributed by atoms with van der Waals surface area (Å²) in [5.41, 5.74) is 0. The van der Waals surface area contributed by atoms with Gasteiger partial charge in [-0.05, 0) is 18.6 Å². The average Bonchev–Trinajstić information content (AvgIpc) is 2.70. The van der Waals surface area contributed by atoms with Crippen molar-refractivity contribution in [3.8, 4) is 0 Å². The summed E-state index contributed by atoms with van der Waals surface area (Å²) < 4.78 is 0. The van der Waals surface area contributed by atoms with Gasteiger partial charge in [-0.3, -0.25) is 0 Å². The van der Waals surface area contributed by atoms with Gasteiger partial charge in [-0.15, -0.1) is 0 Å². The fourth-order valence-electron chi connectivity index (χ4n) is 3.81. The van der Waals surface area contributed by atoms with Gasteiger partial charge >= 0.3 is 0 Å². The minimum Gasteiger partial charge on any atom is -0.388 e. The van der Waals surface area contributed by atoms with Gasteiger partial charge in [0.15, 0.2) is 0 Å². The van der Waals surface area contributed by atoms with E-state index in [1.807, 2.05) is 23.4 Å². The fraction of sp³-hybridized carbons (Fsp3) is 0.840. The molecule has 1 aliphatic heterocycles. The molecule has 0 unspecified atom stereocenters. The van der Waals surface area contributed by atoms with E-state index in [4.69, 9.17) is 4.84 Å². The van der Waals surface area contributed by atoms with Crippen LogP contribution in [-0.4, -0.2) is 11.6 Å². The van der Waals surface area contributed by atoms with Gasteiger partial charge in [0, 0.05) is 6.20 Å². The standard InChI is InChI=1S/C25H47NO/c1-2-3-4-5-6-7-8-9-10-11-12-13-14-15-16-17-18-19-20-23-26-24-21-22-25-27-26/h21-22,24-25H,2-20,23H2,1H3. The highest BCUT2D eigenvalue weighted by molar-refractivity contribution is 5.01. The Bertz CT molecular complexity index is 350. The number of hydrogen-bond acceptors (Lipinski definition) is 2. The minimum absolute atomic E-state index is 1.01. The zero-order valence-corrected chi connectivity index (χ0v) is 18.3. The summed E-state index contributed by atoms with van der Waals surface area (Å²) in [4.78, 5) is 5.38. The van der Waals surface area contributed by atoms with Crippen molar-refractivity contribution < 1.29 is 4.84 Å². The quantitative estimate of drug-likeness (QED) is 0.197. The molecule has 0 aromatic carbocycles. The topological polar surface area (TPSA) is 12.5 Å². The Balaban J connectivity index is 1.65. The molecule has 0 spiro atoms. The molecule has 0 saturated heterocycles. The average molecular weight is 378 g/mol. The Morgan fingerprint density at radius 2 is 0.926 bits per heavy atom. The zero-order valence-electron chi connectivity index (χ0n) is 18.3. The summed E-state index contributed by atoms with van der Waals surface area (Å²) in [7, 11) is 0. The molecular weight excluding hydrogens is 330 g/mol. The van der Waals surface area contributed by atoms with Gasteiger partial charge in [-0.25, -0.2) is 5.06 Å². The third-order valence-electron chi connectivity index (χ3n) is 5.62.